The van der Waals surface area contributed by atoms with Crippen LogP contribution in [0.2, 0.25) is 0 Å². The van der Waals surface area contributed by atoms with Crippen LogP contribution in [0.3, 0.4) is 0 Å². The third-order valence-electron chi connectivity index (χ3n) is 1.39. The van der Waals surface area contributed by atoms with Crippen LogP contribution in [-0.4, -0.2) is 12.1 Å². The summed E-state index contributed by atoms with van der Waals surface area (Å²) in [6.45, 7) is 6.31. The van der Waals surface area contributed by atoms with Gasteiger partial charge in [0.1, 0.15) is 0 Å². The minimum Gasteiger partial charge on any atom is -0.262 e. The predicted octanol–water partition coefficient (Wildman–Crippen LogP) is 2.18. The molecule has 0 aromatic carbocycles. The molecule has 0 amide bonds. The third-order valence-corrected chi connectivity index (χ3v) is 1.39. The average molecular weight is 148 g/mol. The second-order valence-corrected chi connectivity index (χ2v) is 3.47. The van der Waals surface area contributed by atoms with E-state index in [1.807, 2.05) is 0 Å². The molecule has 58 valence electrons. The molecule has 1 rings (SSSR count). The fraction of sp³-hybridized carbons (Fsp3) is 0.444. The highest BCUT2D eigenvalue weighted by atomic mass is 14.8. The summed E-state index contributed by atoms with van der Waals surface area (Å²) in [5.74, 6) is 2.79. The molecule has 0 fully saturated rings. The normalized spacial score (nSPS) is 16.5. The lowest BCUT2D eigenvalue weighted by Gasteiger charge is -2.16. The Morgan fingerprint density at radius 3 is 2.73 bits per heavy atom. The number of allylic oxidation sites excluding steroid dienone is 2. The maximum Gasteiger partial charge on any atom is 0.0739 e. The SMILES string of the molecule is CC(C)(C)C1=CN=CC=C=N1. The van der Waals surface area contributed by atoms with Crippen LogP contribution in [0.5, 0.6) is 0 Å². The van der Waals surface area contributed by atoms with E-state index in [9.17, 15) is 0 Å². The number of aliphatic imine (C=N–C) groups is 2. The molecule has 0 saturated heterocycles. The first-order chi connectivity index (χ1) is 5.11. The van der Waals surface area contributed by atoms with Crippen LogP contribution in [-0.2, 0) is 0 Å². The molecular weight excluding hydrogens is 136 g/mol. The highest BCUT2D eigenvalue weighted by Gasteiger charge is 2.15. The summed E-state index contributed by atoms with van der Waals surface area (Å²) in [6.07, 6.45) is 5.16. The maximum atomic E-state index is 4.12. The molecule has 2 nitrogen and oxygen atoms in total. The molecule has 0 saturated carbocycles. The van der Waals surface area contributed by atoms with E-state index >= 15 is 0 Å². The number of rotatable bonds is 0. The van der Waals surface area contributed by atoms with Crippen molar-refractivity contribution in [3.63, 3.8) is 0 Å². The topological polar surface area (TPSA) is 24.7 Å². The van der Waals surface area contributed by atoms with E-state index in [1.54, 1.807) is 18.5 Å². The molecule has 0 aromatic heterocycles. The lowest BCUT2D eigenvalue weighted by atomic mass is 9.93. The molecule has 0 aromatic rings. The van der Waals surface area contributed by atoms with Gasteiger partial charge in [-0.05, 0) is 5.87 Å². The molecule has 1 aliphatic heterocycles. The largest absolute Gasteiger partial charge is 0.262 e. The monoisotopic (exact) mass is 148 g/mol. The quantitative estimate of drug-likeness (QED) is 0.503. The Morgan fingerprint density at radius 2 is 2.09 bits per heavy atom. The Bertz CT molecular complexity index is 258. The molecule has 0 N–H and O–H groups in total. The molecule has 1 aliphatic rings. The van der Waals surface area contributed by atoms with Gasteiger partial charge in [-0.1, -0.05) is 20.8 Å². The van der Waals surface area contributed by atoms with E-state index in [2.05, 4.69) is 36.6 Å². The molecule has 0 radical (unpaired) electrons. The van der Waals surface area contributed by atoms with E-state index in [4.69, 9.17) is 0 Å². The van der Waals surface area contributed by atoms with Crippen LogP contribution in [0.15, 0.2) is 28.0 Å². The Hall–Kier alpha value is -1.14. The van der Waals surface area contributed by atoms with Crippen molar-refractivity contribution < 1.29 is 0 Å². The summed E-state index contributed by atoms with van der Waals surface area (Å²) in [7, 11) is 0. The first-order valence-electron chi connectivity index (χ1n) is 3.62. The first kappa shape index (κ1) is 7.96. The number of nitrogens with zero attached hydrogens (tertiary/aromatic N) is 2. The molecule has 1 heterocycles. The number of hydrogen-bond donors (Lipinski definition) is 0. The second-order valence-electron chi connectivity index (χ2n) is 3.47. The summed E-state index contributed by atoms with van der Waals surface area (Å²) in [4.78, 5) is 8.14. The van der Waals surface area contributed by atoms with Crippen molar-refractivity contribution in [2.75, 3.05) is 0 Å². The lowest BCUT2D eigenvalue weighted by molar-refractivity contribution is 0.498. The zero-order chi connectivity index (χ0) is 8.32. The van der Waals surface area contributed by atoms with Crippen LogP contribution in [0.1, 0.15) is 20.8 Å². The van der Waals surface area contributed by atoms with Gasteiger partial charge in [-0.3, -0.25) is 4.99 Å². The van der Waals surface area contributed by atoms with Crippen LogP contribution in [0.4, 0.5) is 0 Å². The van der Waals surface area contributed by atoms with E-state index < -0.39 is 0 Å². The van der Waals surface area contributed by atoms with Crippen molar-refractivity contribution in [3.8, 4) is 0 Å². The summed E-state index contributed by atoms with van der Waals surface area (Å²) in [5.41, 5.74) is 1.02. The number of hydrogen-bond acceptors (Lipinski definition) is 2. The van der Waals surface area contributed by atoms with Crippen LogP contribution in [0.25, 0.3) is 0 Å². The van der Waals surface area contributed by atoms with Crippen molar-refractivity contribution >= 4 is 12.1 Å². The zero-order valence-corrected chi connectivity index (χ0v) is 7.13. The molecule has 0 unspecified atom stereocenters. The highest BCUT2D eigenvalue weighted by Crippen LogP contribution is 2.25. The van der Waals surface area contributed by atoms with Gasteiger partial charge >= 0.3 is 0 Å². The molecule has 0 aliphatic carbocycles. The second kappa shape index (κ2) is 2.85. The summed E-state index contributed by atoms with van der Waals surface area (Å²) < 4.78 is 0. The van der Waals surface area contributed by atoms with Gasteiger partial charge in [-0.15, -0.1) is 0 Å². The average Bonchev–Trinajstić information content (AvgIpc) is 2.10. The van der Waals surface area contributed by atoms with Gasteiger partial charge in [0.15, 0.2) is 0 Å². The Labute approximate surface area is 67.1 Å². The summed E-state index contributed by atoms with van der Waals surface area (Å²) in [5, 5.41) is 0. The molecule has 0 atom stereocenters. The van der Waals surface area contributed by atoms with Crippen LogP contribution in [0, 0.1) is 5.41 Å². The van der Waals surface area contributed by atoms with Crippen molar-refractivity contribution in [3.05, 3.63) is 18.0 Å². The Balaban J connectivity index is 2.97. The fourth-order valence-electron chi connectivity index (χ4n) is 0.687. The van der Waals surface area contributed by atoms with Crippen molar-refractivity contribution in [1.29, 1.82) is 0 Å². The van der Waals surface area contributed by atoms with Gasteiger partial charge < -0.3 is 0 Å². The Kier molecular flexibility index (Phi) is 2.06. The van der Waals surface area contributed by atoms with Gasteiger partial charge in [0, 0.05) is 23.9 Å². The van der Waals surface area contributed by atoms with E-state index in [0.717, 1.165) is 5.70 Å². The fourth-order valence-corrected chi connectivity index (χ4v) is 0.687. The Morgan fingerprint density at radius 1 is 1.36 bits per heavy atom. The van der Waals surface area contributed by atoms with Gasteiger partial charge in [0.25, 0.3) is 0 Å². The molecule has 11 heavy (non-hydrogen) atoms. The van der Waals surface area contributed by atoms with Crippen molar-refractivity contribution in [2.24, 2.45) is 15.4 Å². The van der Waals surface area contributed by atoms with Gasteiger partial charge in [-0.25, -0.2) is 4.99 Å². The smallest absolute Gasteiger partial charge is 0.0739 e. The first-order valence-corrected chi connectivity index (χ1v) is 3.62. The third kappa shape index (κ3) is 2.17. The molecule has 0 bridgehead atoms. The van der Waals surface area contributed by atoms with Gasteiger partial charge in [0.05, 0.1) is 5.70 Å². The van der Waals surface area contributed by atoms with Crippen molar-refractivity contribution in [2.45, 2.75) is 20.8 Å². The lowest BCUT2D eigenvalue weighted by Crippen LogP contribution is -2.06. The molecule has 0 spiro atoms. The molecule has 2 heteroatoms. The van der Waals surface area contributed by atoms with Crippen LogP contribution >= 0.6 is 0 Å². The minimum atomic E-state index is 0.0581. The van der Waals surface area contributed by atoms with Crippen molar-refractivity contribution in [1.82, 2.24) is 0 Å². The summed E-state index contributed by atoms with van der Waals surface area (Å²) in [6, 6.07) is 0. The van der Waals surface area contributed by atoms with Gasteiger partial charge in [0.2, 0.25) is 0 Å². The van der Waals surface area contributed by atoms with E-state index in [-0.39, 0.29) is 5.41 Å². The highest BCUT2D eigenvalue weighted by molar-refractivity contribution is 5.84. The van der Waals surface area contributed by atoms with Crippen LogP contribution < -0.4 is 0 Å². The van der Waals surface area contributed by atoms with E-state index in [0.29, 0.717) is 0 Å². The minimum absolute atomic E-state index is 0.0581. The zero-order valence-electron chi connectivity index (χ0n) is 7.13. The molecular formula is C9H12N2. The summed E-state index contributed by atoms with van der Waals surface area (Å²) >= 11 is 0. The van der Waals surface area contributed by atoms with Gasteiger partial charge in [-0.2, -0.15) is 0 Å². The maximum absolute atomic E-state index is 4.12. The standard InChI is InChI=1S/C9H12N2/c1-9(2,3)8-7-10-5-4-6-11-8/h4-5,7H,1-3H3. The predicted molar refractivity (Wildman–Crippen MR) is 48.0 cm³/mol. The van der Waals surface area contributed by atoms with E-state index in [1.165, 1.54) is 0 Å².